The number of hydrogen-bond acceptors (Lipinski definition) is 9. The van der Waals surface area contributed by atoms with Crippen molar-refractivity contribution in [3.63, 3.8) is 0 Å². The van der Waals surface area contributed by atoms with E-state index in [2.05, 4.69) is 79.4 Å². The Labute approximate surface area is 361 Å². The Morgan fingerprint density at radius 2 is 0.984 bits per heavy atom. The van der Waals surface area contributed by atoms with E-state index in [9.17, 15) is 14.7 Å². The first-order chi connectivity index (χ1) is 30.4. The standard InChI is InChI=1S/C53H48O9/c1-2-50(54)61-33-29-57-27-31-59-38-23-19-36(20-24-38)52(45-15-7-3-11-40(45)41-12-4-8-16-46(41)52)37-21-25-39(26-22-37)60-32-28-58-30-34-62-51(55)49-35-44-42-13-5-9-17-47(42)53(49,56)48-18-10-6-14-43(44)48/h2-26,44,49,56H,1,27-35H2. The fourth-order valence-corrected chi connectivity index (χ4v) is 9.74. The molecule has 0 aromatic heterocycles. The maximum absolute atomic E-state index is 13.5. The Hall–Kier alpha value is -6.52. The fraction of sp³-hybridized carbons (Fsp3) is 0.245. The van der Waals surface area contributed by atoms with Crippen molar-refractivity contribution in [2.75, 3.05) is 52.9 Å². The highest BCUT2D eigenvalue weighted by atomic mass is 16.6. The molecule has 1 N–H and O–H groups in total. The summed E-state index contributed by atoms with van der Waals surface area (Å²) < 4.78 is 34.1. The number of esters is 2. The molecule has 0 amide bonds. The van der Waals surface area contributed by atoms with Crippen LogP contribution in [0.15, 0.2) is 158 Å². The maximum Gasteiger partial charge on any atom is 0.330 e. The van der Waals surface area contributed by atoms with E-state index in [1.165, 1.54) is 22.3 Å². The molecular weight excluding hydrogens is 781 g/mol. The van der Waals surface area contributed by atoms with E-state index < -0.39 is 28.9 Å². The molecule has 0 saturated carbocycles. The minimum Gasteiger partial charge on any atom is -0.491 e. The summed E-state index contributed by atoms with van der Waals surface area (Å²) in [5.41, 5.74) is 8.68. The highest BCUT2D eigenvalue weighted by Crippen LogP contribution is 2.58. The molecule has 6 aromatic rings. The smallest absolute Gasteiger partial charge is 0.330 e. The molecule has 4 aliphatic carbocycles. The second-order valence-electron chi connectivity index (χ2n) is 15.6. The fourth-order valence-electron chi connectivity index (χ4n) is 9.74. The van der Waals surface area contributed by atoms with Crippen molar-refractivity contribution in [3.8, 4) is 22.6 Å². The average Bonchev–Trinajstić information content (AvgIpc) is 3.62. The largest absolute Gasteiger partial charge is 0.491 e. The molecule has 62 heavy (non-hydrogen) atoms. The SMILES string of the molecule is C=CC(=O)OCCOCCOc1ccc(C2(c3ccc(OCCOCCOC(=O)C4CC5c6ccccc6C4(O)c4ccccc45)cc3)c3ccccc3-c3ccccc32)cc1. The van der Waals surface area contributed by atoms with Crippen molar-refractivity contribution in [1.82, 2.24) is 0 Å². The Morgan fingerprint density at radius 1 is 0.548 bits per heavy atom. The predicted octanol–water partition coefficient (Wildman–Crippen LogP) is 8.51. The lowest BCUT2D eigenvalue weighted by molar-refractivity contribution is -0.161. The van der Waals surface area contributed by atoms with Crippen LogP contribution in [0.1, 0.15) is 56.8 Å². The summed E-state index contributed by atoms with van der Waals surface area (Å²) in [4.78, 5) is 24.7. The van der Waals surface area contributed by atoms with Gasteiger partial charge in [-0.3, -0.25) is 4.79 Å². The summed E-state index contributed by atoms with van der Waals surface area (Å²) in [5, 5.41) is 12.2. The maximum atomic E-state index is 13.5. The zero-order valence-electron chi connectivity index (χ0n) is 34.4. The first-order valence-electron chi connectivity index (χ1n) is 21.1. The Bertz CT molecular complexity index is 2470. The third-order valence-corrected chi connectivity index (χ3v) is 12.4. The van der Waals surface area contributed by atoms with Gasteiger partial charge in [0.25, 0.3) is 0 Å². The van der Waals surface area contributed by atoms with E-state index in [1.807, 2.05) is 72.8 Å². The number of benzene rings is 6. The second kappa shape index (κ2) is 17.8. The average molecular weight is 829 g/mol. The van der Waals surface area contributed by atoms with Crippen molar-refractivity contribution in [2.45, 2.75) is 23.4 Å². The number of rotatable bonds is 18. The zero-order valence-corrected chi connectivity index (χ0v) is 34.4. The van der Waals surface area contributed by atoms with E-state index >= 15 is 0 Å². The van der Waals surface area contributed by atoms with Gasteiger partial charge in [0.1, 0.15) is 43.5 Å². The minimum atomic E-state index is -1.43. The van der Waals surface area contributed by atoms with Crippen molar-refractivity contribution in [2.24, 2.45) is 5.92 Å². The van der Waals surface area contributed by atoms with Crippen LogP contribution in [-0.2, 0) is 39.6 Å². The van der Waals surface area contributed by atoms with Gasteiger partial charge in [0.05, 0.1) is 37.8 Å². The lowest BCUT2D eigenvalue weighted by Crippen LogP contribution is -2.50. The molecule has 0 heterocycles. The van der Waals surface area contributed by atoms with Gasteiger partial charge in [-0.05, 0) is 86.3 Å². The van der Waals surface area contributed by atoms with Crippen LogP contribution in [0, 0.1) is 5.92 Å². The normalized spacial score (nSPS) is 18.4. The third-order valence-electron chi connectivity index (χ3n) is 12.4. The molecule has 9 heteroatoms. The van der Waals surface area contributed by atoms with Crippen molar-refractivity contribution in [3.05, 3.63) is 203 Å². The zero-order chi connectivity index (χ0) is 42.5. The molecule has 0 radical (unpaired) electrons. The Kier molecular flexibility index (Phi) is 11.8. The molecule has 0 spiro atoms. The number of carbonyl (C=O) groups excluding carboxylic acids is 2. The quantitative estimate of drug-likeness (QED) is 0.0518. The number of hydrogen-bond donors (Lipinski definition) is 1. The van der Waals surface area contributed by atoms with Crippen molar-refractivity contribution >= 4 is 11.9 Å². The summed E-state index contributed by atoms with van der Waals surface area (Å²) in [6.07, 6.45) is 1.62. The highest BCUT2D eigenvalue weighted by molar-refractivity contribution is 5.86. The van der Waals surface area contributed by atoms with Crippen LogP contribution in [-0.4, -0.2) is 69.9 Å². The Morgan fingerprint density at radius 3 is 1.48 bits per heavy atom. The molecular formula is C53H48O9. The lowest BCUT2D eigenvalue weighted by atomic mass is 9.56. The van der Waals surface area contributed by atoms with Crippen LogP contribution in [0.3, 0.4) is 0 Å². The molecule has 1 unspecified atom stereocenters. The van der Waals surface area contributed by atoms with Crippen LogP contribution >= 0.6 is 0 Å². The molecule has 9 nitrogen and oxygen atoms in total. The second-order valence-corrected chi connectivity index (χ2v) is 15.6. The van der Waals surface area contributed by atoms with Gasteiger partial charge in [0.2, 0.25) is 0 Å². The van der Waals surface area contributed by atoms with Crippen LogP contribution < -0.4 is 9.47 Å². The van der Waals surface area contributed by atoms with Crippen LogP contribution in [0.5, 0.6) is 11.5 Å². The molecule has 6 aromatic carbocycles. The van der Waals surface area contributed by atoms with E-state index in [1.54, 1.807) is 0 Å². The molecule has 1 atom stereocenters. The van der Waals surface area contributed by atoms with Gasteiger partial charge >= 0.3 is 11.9 Å². The molecule has 4 aliphatic rings. The first kappa shape index (κ1) is 40.9. The molecule has 0 aliphatic heterocycles. The monoisotopic (exact) mass is 828 g/mol. The van der Waals surface area contributed by atoms with E-state index in [0.29, 0.717) is 38.6 Å². The van der Waals surface area contributed by atoms with Crippen LogP contribution in [0.4, 0.5) is 0 Å². The first-order valence-corrected chi connectivity index (χ1v) is 21.1. The van der Waals surface area contributed by atoms with E-state index in [-0.39, 0.29) is 32.3 Å². The predicted molar refractivity (Wildman–Crippen MR) is 234 cm³/mol. The van der Waals surface area contributed by atoms with Crippen molar-refractivity contribution < 1.29 is 43.1 Å². The van der Waals surface area contributed by atoms with Gasteiger partial charge in [-0.1, -0.05) is 128 Å². The van der Waals surface area contributed by atoms with E-state index in [0.717, 1.165) is 45.2 Å². The summed E-state index contributed by atoms with van der Waals surface area (Å²) >= 11 is 0. The molecule has 0 fully saturated rings. The minimum absolute atomic E-state index is 0.0339. The summed E-state index contributed by atoms with van der Waals surface area (Å²) in [6, 6.07) is 49.4. The summed E-state index contributed by atoms with van der Waals surface area (Å²) in [6.45, 7) is 5.45. The van der Waals surface area contributed by atoms with Gasteiger partial charge in [-0.15, -0.1) is 0 Å². The van der Waals surface area contributed by atoms with Gasteiger partial charge in [0, 0.05) is 12.0 Å². The van der Waals surface area contributed by atoms with E-state index in [4.69, 9.17) is 28.4 Å². The van der Waals surface area contributed by atoms with Gasteiger partial charge < -0.3 is 33.5 Å². The molecule has 314 valence electrons. The van der Waals surface area contributed by atoms with Crippen LogP contribution in [0.2, 0.25) is 0 Å². The van der Waals surface area contributed by atoms with Crippen LogP contribution in [0.25, 0.3) is 11.1 Å². The highest BCUT2D eigenvalue weighted by Gasteiger charge is 2.56. The molecule has 0 saturated heterocycles. The number of fused-ring (bicyclic) bond motifs is 4. The van der Waals surface area contributed by atoms with Gasteiger partial charge in [-0.2, -0.15) is 0 Å². The number of carbonyl (C=O) groups is 2. The number of aliphatic hydroxyl groups is 1. The molecule has 10 rings (SSSR count). The lowest BCUT2D eigenvalue weighted by Gasteiger charge is -2.50. The summed E-state index contributed by atoms with van der Waals surface area (Å²) in [7, 11) is 0. The van der Waals surface area contributed by atoms with Gasteiger partial charge in [-0.25, -0.2) is 4.79 Å². The van der Waals surface area contributed by atoms with Gasteiger partial charge in [0.15, 0.2) is 0 Å². The summed E-state index contributed by atoms with van der Waals surface area (Å²) in [5.74, 6) is -0.121. The molecule has 2 bridgehead atoms. The Balaban J connectivity index is 0.814. The third kappa shape index (κ3) is 7.36. The topological polar surface area (TPSA) is 110 Å². The van der Waals surface area contributed by atoms with Crippen molar-refractivity contribution in [1.29, 1.82) is 0 Å². The number of ether oxygens (including phenoxy) is 6.